The Balaban J connectivity index is 5.80. The van der Waals surface area contributed by atoms with Gasteiger partial charge in [-0.25, -0.2) is 8.42 Å². The van der Waals surface area contributed by atoms with Crippen molar-refractivity contribution in [3.63, 3.8) is 0 Å². The molecule has 4 atom stereocenters. The number of sulfonamides is 1. The smallest absolute Gasteiger partial charge is 0.211 e. The lowest BCUT2D eigenvalue weighted by Crippen LogP contribution is -2.53. The number of nitrogens with zero attached hydrogens (tertiary/aromatic N) is 1. The highest BCUT2D eigenvalue weighted by atomic mass is 32.2. The summed E-state index contributed by atoms with van der Waals surface area (Å²) in [6.07, 6.45) is 5.24. The Hall–Kier alpha value is 0.180. The summed E-state index contributed by atoms with van der Waals surface area (Å²) in [6.45, 7) is 12.4. The average Bonchev–Trinajstić information content (AvgIpc) is 2.45. The van der Waals surface area contributed by atoms with E-state index in [-0.39, 0.29) is 22.3 Å². The van der Waals surface area contributed by atoms with Crippen LogP contribution >= 0.6 is 0 Å². The Kier molecular flexibility index (Phi) is 9.28. The fourth-order valence-corrected chi connectivity index (χ4v) is 4.74. The maximum Gasteiger partial charge on any atom is 0.211 e. The van der Waals surface area contributed by atoms with Gasteiger partial charge >= 0.3 is 0 Å². The van der Waals surface area contributed by atoms with Gasteiger partial charge in [0.25, 0.3) is 0 Å². The van der Waals surface area contributed by atoms with E-state index in [1.807, 2.05) is 27.7 Å². The second-order valence-electron chi connectivity index (χ2n) is 7.62. The first kappa shape index (κ1) is 24.2. The van der Waals surface area contributed by atoms with Gasteiger partial charge in [0.15, 0.2) is 0 Å². The maximum atomic E-state index is 12.3. The van der Waals surface area contributed by atoms with Crippen LogP contribution in [-0.2, 0) is 25.9 Å². The SMILES string of the molecule is CCC(C)(CC(C)(CC)[S@@+](C)[O-])C(COC(C)C)N(C)S(C)(=O)=O. The summed E-state index contributed by atoms with van der Waals surface area (Å²) in [7, 11) is -1.73. The van der Waals surface area contributed by atoms with E-state index < -0.39 is 21.2 Å². The molecule has 0 aromatic rings. The van der Waals surface area contributed by atoms with Crippen LogP contribution in [0.25, 0.3) is 0 Å². The second-order valence-corrected chi connectivity index (χ2v) is 11.6. The maximum absolute atomic E-state index is 12.3. The van der Waals surface area contributed by atoms with Crippen molar-refractivity contribution in [1.29, 1.82) is 0 Å². The van der Waals surface area contributed by atoms with E-state index in [4.69, 9.17) is 4.74 Å². The summed E-state index contributed by atoms with van der Waals surface area (Å²) in [5.41, 5.74) is -0.330. The Morgan fingerprint density at radius 1 is 1.21 bits per heavy atom. The standard InChI is InChI=1S/C17H37NO4S2/c1-10-16(5,13-17(6,11-2)23(8)19)15(12-22-14(3)4)18(7)24(9,20)21/h14-15H,10-13H2,1-9H3/t15?,16?,17?,23-/m1/s1. The summed E-state index contributed by atoms with van der Waals surface area (Å²) in [6, 6.07) is -0.297. The van der Waals surface area contributed by atoms with Gasteiger partial charge in [-0.15, -0.1) is 0 Å². The summed E-state index contributed by atoms with van der Waals surface area (Å²) in [4.78, 5) is 0. The highest BCUT2D eigenvalue weighted by molar-refractivity contribution is 7.92. The highest BCUT2D eigenvalue weighted by Gasteiger charge is 2.46. The molecule has 0 rings (SSSR count). The molecule has 0 N–H and O–H groups in total. The van der Waals surface area contributed by atoms with E-state index in [1.54, 1.807) is 13.3 Å². The second kappa shape index (κ2) is 9.21. The van der Waals surface area contributed by atoms with Gasteiger partial charge in [0.2, 0.25) is 10.0 Å². The number of hydrogen-bond acceptors (Lipinski definition) is 4. The molecule has 24 heavy (non-hydrogen) atoms. The molecule has 0 aromatic heterocycles. The summed E-state index contributed by atoms with van der Waals surface area (Å²) in [5.74, 6) is 0. The van der Waals surface area contributed by atoms with E-state index in [0.29, 0.717) is 13.0 Å². The van der Waals surface area contributed by atoms with E-state index in [2.05, 4.69) is 13.8 Å². The van der Waals surface area contributed by atoms with Crippen LogP contribution in [0.15, 0.2) is 0 Å². The molecule has 0 saturated carbocycles. The van der Waals surface area contributed by atoms with Crippen molar-refractivity contribution in [3.8, 4) is 0 Å². The zero-order valence-corrected chi connectivity index (χ0v) is 18.5. The minimum atomic E-state index is -3.35. The molecule has 0 saturated heterocycles. The fourth-order valence-electron chi connectivity index (χ4n) is 3.02. The van der Waals surface area contributed by atoms with Crippen LogP contribution in [0, 0.1) is 5.41 Å². The van der Waals surface area contributed by atoms with E-state index in [9.17, 15) is 13.0 Å². The average molecular weight is 384 g/mol. The molecule has 0 heterocycles. The van der Waals surface area contributed by atoms with Crippen LogP contribution in [0.3, 0.4) is 0 Å². The van der Waals surface area contributed by atoms with Crippen molar-refractivity contribution in [2.45, 2.75) is 77.7 Å². The van der Waals surface area contributed by atoms with Crippen molar-refractivity contribution in [2.75, 3.05) is 26.2 Å². The molecule has 0 amide bonds. The Morgan fingerprint density at radius 3 is 2.00 bits per heavy atom. The monoisotopic (exact) mass is 383 g/mol. The lowest BCUT2D eigenvalue weighted by atomic mass is 9.72. The molecule has 0 aliphatic carbocycles. The van der Waals surface area contributed by atoms with Gasteiger partial charge in [-0.3, -0.25) is 0 Å². The third-order valence-corrected chi connectivity index (χ3v) is 8.50. The minimum absolute atomic E-state index is 0.0273. The third-order valence-electron chi connectivity index (χ3n) is 5.38. The van der Waals surface area contributed by atoms with Crippen LogP contribution in [0.5, 0.6) is 0 Å². The van der Waals surface area contributed by atoms with Gasteiger partial charge in [0, 0.05) is 13.5 Å². The van der Waals surface area contributed by atoms with Gasteiger partial charge in [-0.1, -0.05) is 31.9 Å². The zero-order chi connectivity index (χ0) is 19.3. The lowest BCUT2D eigenvalue weighted by Gasteiger charge is -2.45. The molecular formula is C17H37NO4S2. The zero-order valence-electron chi connectivity index (χ0n) is 16.9. The topological polar surface area (TPSA) is 69.7 Å². The molecular weight excluding hydrogens is 346 g/mol. The number of rotatable bonds is 11. The molecule has 3 unspecified atom stereocenters. The minimum Gasteiger partial charge on any atom is -0.616 e. The first-order valence-electron chi connectivity index (χ1n) is 8.61. The normalized spacial score (nSPS) is 20.7. The summed E-state index contributed by atoms with van der Waals surface area (Å²) in [5, 5.41) is 0. The van der Waals surface area contributed by atoms with Crippen molar-refractivity contribution >= 4 is 21.2 Å². The van der Waals surface area contributed by atoms with Crippen LogP contribution in [0.1, 0.15) is 60.8 Å². The molecule has 0 aliphatic rings. The molecule has 0 aromatic carbocycles. The van der Waals surface area contributed by atoms with Crippen molar-refractivity contribution < 1.29 is 17.7 Å². The number of ether oxygens (including phenoxy) is 1. The van der Waals surface area contributed by atoms with E-state index in [1.165, 1.54) is 10.6 Å². The van der Waals surface area contributed by atoms with Crippen molar-refractivity contribution in [3.05, 3.63) is 0 Å². The molecule has 5 nitrogen and oxygen atoms in total. The van der Waals surface area contributed by atoms with Crippen LogP contribution in [0.4, 0.5) is 0 Å². The highest BCUT2D eigenvalue weighted by Crippen LogP contribution is 2.42. The van der Waals surface area contributed by atoms with E-state index in [0.717, 1.165) is 12.8 Å². The fraction of sp³-hybridized carbons (Fsp3) is 1.00. The largest absolute Gasteiger partial charge is 0.616 e. The molecule has 0 aliphatic heterocycles. The van der Waals surface area contributed by atoms with Gasteiger partial charge in [0.05, 0.1) is 31.3 Å². The first-order chi connectivity index (χ1) is 10.7. The van der Waals surface area contributed by atoms with Crippen LogP contribution in [0.2, 0.25) is 0 Å². The Morgan fingerprint density at radius 2 is 1.71 bits per heavy atom. The lowest BCUT2D eigenvalue weighted by molar-refractivity contribution is -0.000515. The van der Waals surface area contributed by atoms with Gasteiger partial charge < -0.3 is 9.29 Å². The molecule has 7 heteroatoms. The molecule has 0 spiro atoms. The number of hydrogen-bond donors (Lipinski definition) is 0. The van der Waals surface area contributed by atoms with Crippen LogP contribution < -0.4 is 0 Å². The van der Waals surface area contributed by atoms with Crippen molar-refractivity contribution in [1.82, 2.24) is 4.31 Å². The Labute approximate surface area is 152 Å². The van der Waals surface area contributed by atoms with E-state index >= 15 is 0 Å². The third kappa shape index (κ3) is 6.48. The molecule has 0 bridgehead atoms. The Bertz CT molecular complexity index is 481. The quantitative estimate of drug-likeness (QED) is 0.514. The summed E-state index contributed by atoms with van der Waals surface area (Å²) < 4.78 is 43.5. The van der Waals surface area contributed by atoms with Crippen molar-refractivity contribution in [2.24, 2.45) is 5.41 Å². The van der Waals surface area contributed by atoms with Gasteiger partial charge in [-0.2, -0.15) is 4.31 Å². The first-order valence-corrected chi connectivity index (χ1v) is 12.0. The van der Waals surface area contributed by atoms with Gasteiger partial charge in [0.1, 0.15) is 4.75 Å². The van der Waals surface area contributed by atoms with Crippen LogP contribution in [-0.4, -0.2) is 60.3 Å². The predicted molar refractivity (Wildman–Crippen MR) is 103 cm³/mol. The predicted octanol–water partition coefficient (Wildman–Crippen LogP) is 3.03. The molecule has 0 fully saturated rings. The summed E-state index contributed by atoms with van der Waals surface area (Å²) >= 11 is -0.989. The van der Waals surface area contributed by atoms with Gasteiger partial charge in [-0.05, 0) is 39.0 Å². The number of likely N-dealkylation sites (N-methyl/N-ethyl adjacent to an activating group) is 1. The molecule has 146 valence electrons. The molecule has 0 radical (unpaired) electrons.